The fourth-order valence-electron chi connectivity index (χ4n) is 2.59. The van der Waals surface area contributed by atoms with Gasteiger partial charge in [0.2, 0.25) is 0 Å². The van der Waals surface area contributed by atoms with Crippen LogP contribution in [0.15, 0.2) is 33.8 Å². The van der Waals surface area contributed by atoms with E-state index in [9.17, 15) is 9.59 Å². The van der Waals surface area contributed by atoms with Gasteiger partial charge in [0, 0.05) is 34.5 Å². The zero-order chi connectivity index (χ0) is 20.9. The number of nitrogens with zero attached hydrogens (tertiary/aromatic N) is 2. The molecule has 0 spiro atoms. The minimum atomic E-state index is -1.23. The summed E-state index contributed by atoms with van der Waals surface area (Å²) in [6.45, 7) is 9.91. The number of H-pyrrole nitrogens is 1. The maximum atomic E-state index is 12.4. The van der Waals surface area contributed by atoms with Crippen molar-refractivity contribution in [2.45, 2.75) is 45.4 Å². The molecule has 0 aliphatic rings. The summed E-state index contributed by atoms with van der Waals surface area (Å²) in [5.74, 6) is -0.268. The van der Waals surface area contributed by atoms with Crippen LogP contribution in [0.2, 0.25) is 25.7 Å². The first-order valence-electron chi connectivity index (χ1n) is 9.32. The molecule has 0 aromatic carbocycles. The quantitative estimate of drug-likeness (QED) is 0.436. The van der Waals surface area contributed by atoms with Crippen LogP contribution in [0, 0.1) is 0 Å². The molecule has 2 rings (SSSR count). The summed E-state index contributed by atoms with van der Waals surface area (Å²) in [5.41, 5.74) is 1.17. The molecular weight excluding hydrogens is 440 g/mol. The van der Waals surface area contributed by atoms with E-state index in [1.165, 1.54) is 0 Å². The topological polar surface area (TPSA) is 81.0 Å². The van der Waals surface area contributed by atoms with Gasteiger partial charge in [-0.2, -0.15) is 0 Å². The Balaban J connectivity index is 2.12. The number of imidazole rings is 1. The van der Waals surface area contributed by atoms with E-state index in [0.717, 1.165) is 22.9 Å². The number of halogens is 1. The van der Waals surface area contributed by atoms with E-state index in [4.69, 9.17) is 4.74 Å². The third-order valence-electron chi connectivity index (χ3n) is 4.27. The molecule has 0 aliphatic heterocycles. The molecule has 0 aliphatic carbocycles. The number of hydrogen-bond donors (Lipinski definition) is 2. The predicted molar refractivity (Wildman–Crippen MR) is 118 cm³/mol. The molecule has 2 heterocycles. The van der Waals surface area contributed by atoms with Crippen molar-refractivity contribution in [3.63, 3.8) is 0 Å². The molecule has 2 aromatic rings. The van der Waals surface area contributed by atoms with Gasteiger partial charge in [-0.1, -0.05) is 19.6 Å². The summed E-state index contributed by atoms with van der Waals surface area (Å²) < 4.78 is 9.69. The van der Waals surface area contributed by atoms with Gasteiger partial charge in [0.1, 0.15) is 11.9 Å². The van der Waals surface area contributed by atoms with Gasteiger partial charge in [-0.3, -0.25) is 13.9 Å². The normalized spacial score (nSPS) is 13.2. The summed E-state index contributed by atoms with van der Waals surface area (Å²) in [4.78, 5) is 27.7. The van der Waals surface area contributed by atoms with Gasteiger partial charge in [-0.05, 0) is 53.2 Å². The van der Waals surface area contributed by atoms with Crippen molar-refractivity contribution in [1.29, 1.82) is 0 Å². The molecule has 0 saturated heterocycles. The second kappa shape index (κ2) is 9.57. The third kappa shape index (κ3) is 6.35. The highest BCUT2D eigenvalue weighted by atomic mass is 79.9. The lowest BCUT2D eigenvalue weighted by atomic mass is 10.3. The molecule has 1 atom stereocenters. The lowest BCUT2D eigenvalue weighted by molar-refractivity contribution is 0.0585. The van der Waals surface area contributed by atoms with Crippen molar-refractivity contribution >= 4 is 36.0 Å². The minimum Gasteiger partial charge on any atom is -0.355 e. The van der Waals surface area contributed by atoms with Crippen LogP contribution >= 0.6 is 15.9 Å². The van der Waals surface area contributed by atoms with Crippen LogP contribution in [0.25, 0.3) is 6.08 Å². The van der Waals surface area contributed by atoms with Crippen molar-refractivity contribution in [3.8, 4) is 0 Å². The highest BCUT2D eigenvalue weighted by Gasteiger charge is 2.16. The number of aromatic amines is 1. The molecule has 7 nitrogen and oxygen atoms in total. The molecule has 0 bridgehead atoms. The van der Waals surface area contributed by atoms with Gasteiger partial charge in [-0.25, -0.2) is 4.79 Å². The van der Waals surface area contributed by atoms with Crippen molar-refractivity contribution in [3.05, 3.63) is 50.9 Å². The van der Waals surface area contributed by atoms with E-state index >= 15 is 0 Å². The van der Waals surface area contributed by atoms with E-state index in [2.05, 4.69) is 45.9 Å². The Kier molecular flexibility index (Phi) is 7.68. The molecule has 2 aromatic heterocycles. The molecule has 1 amide bonds. The highest BCUT2D eigenvalue weighted by Crippen LogP contribution is 2.11. The molecule has 28 heavy (non-hydrogen) atoms. The lowest BCUT2D eigenvalue weighted by Gasteiger charge is -2.15. The first-order valence-corrected chi connectivity index (χ1v) is 13.8. The number of ether oxygens (including phenoxy) is 1. The van der Waals surface area contributed by atoms with Crippen LogP contribution < -0.4 is 11.0 Å². The fourth-order valence-corrected chi connectivity index (χ4v) is 3.85. The number of nitrogens with one attached hydrogen (secondary N) is 2. The number of carbonyl (C=O) groups excluding carboxylic acids is 1. The Hall–Kier alpha value is -1.84. The van der Waals surface area contributed by atoms with Gasteiger partial charge >= 0.3 is 5.69 Å². The molecular formula is C19H29BrN4O3Si. The number of rotatable bonds is 9. The number of aromatic nitrogens is 3. The predicted octanol–water partition coefficient (Wildman–Crippen LogP) is 3.42. The Morgan fingerprint density at radius 1 is 1.39 bits per heavy atom. The zero-order valence-corrected chi connectivity index (χ0v) is 19.7. The monoisotopic (exact) mass is 468 g/mol. The van der Waals surface area contributed by atoms with E-state index in [1.807, 2.05) is 13.1 Å². The smallest absolute Gasteiger partial charge is 0.328 e. The number of carbonyl (C=O) groups is 1. The minimum absolute atomic E-state index is 0.0360. The Morgan fingerprint density at radius 3 is 2.68 bits per heavy atom. The maximum Gasteiger partial charge on any atom is 0.328 e. The lowest BCUT2D eigenvalue weighted by Crippen LogP contribution is -2.35. The van der Waals surface area contributed by atoms with Crippen molar-refractivity contribution in [2.24, 2.45) is 7.05 Å². The van der Waals surface area contributed by atoms with Gasteiger partial charge in [0.05, 0.1) is 10.3 Å². The molecule has 154 valence electrons. The molecule has 2 N–H and O–H groups in total. The summed E-state index contributed by atoms with van der Waals surface area (Å²) >= 11 is 3.29. The Labute approximate surface area is 174 Å². The second-order valence-electron chi connectivity index (χ2n) is 7.83. The van der Waals surface area contributed by atoms with Crippen LogP contribution in [-0.2, 0) is 18.3 Å². The average Bonchev–Trinajstić information content (AvgIpc) is 3.16. The largest absolute Gasteiger partial charge is 0.355 e. The molecule has 1 unspecified atom stereocenters. The van der Waals surface area contributed by atoms with Crippen LogP contribution in [0.4, 0.5) is 0 Å². The van der Waals surface area contributed by atoms with Crippen molar-refractivity contribution < 1.29 is 9.53 Å². The zero-order valence-electron chi connectivity index (χ0n) is 17.1. The molecule has 9 heteroatoms. The number of aryl methyl sites for hydroxylation is 1. The van der Waals surface area contributed by atoms with Gasteiger partial charge in [0.25, 0.3) is 5.91 Å². The molecule has 0 saturated carbocycles. The van der Waals surface area contributed by atoms with Crippen LogP contribution in [0.5, 0.6) is 0 Å². The van der Waals surface area contributed by atoms with Gasteiger partial charge in [0.15, 0.2) is 0 Å². The molecule has 0 radical (unpaired) electrons. The number of amides is 1. The van der Waals surface area contributed by atoms with E-state index in [0.29, 0.717) is 12.3 Å². The average molecular weight is 469 g/mol. The summed E-state index contributed by atoms with van der Waals surface area (Å²) in [5, 5.41) is 2.82. The number of hydrogen-bond acceptors (Lipinski definition) is 3. The third-order valence-corrected chi connectivity index (χ3v) is 6.45. The van der Waals surface area contributed by atoms with Crippen LogP contribution in [-0.4, -0.2) is 40.9 Å². The first-order chi connectivity index (χ1) is 13.1. The fraction of sp³-hybridized carbons (Fsp3) is 0.474. The van der Waals surface area contributed by atoms with Gasteiger partial charge < -0.3 is 15.0 Å². The first kappa shape index (κ1) is 22.4. The SMILES string of the molecule is CCOC(/C=C\c1cn(CC[Si](C)(C)C)c(=O)n1C)NC(=O)c1ccc(Br)[nH]1. The van der Waals surface area contributed by atoms with E-state index in [-0.39, 0.29) is 11.6 Å². The second-order valence-corrected chi connectivity index (χ2v) is 14.3. The summed E-state index contributed by atoms with van der Waals surface area (Å²) in [7, 11) is 0.520. The standard InChI is InChI=1S/C19H29BrN4O3Si/c1-6-27-17(22-18(25)15-8-9-16(20)21-15)10-7-14-13-24(19(26)23(14)2)11-12-28(3,4)5/h7-10,13,17,21H,6,11-12H2,1-5H3,(H,22,25)/b10-7-. The van der Waals surface area contributed by atoms with Crippen LogP contribution in [0.3, 0.4) is 0 Å². The summed E-state index contributed by atoms with van der Waals surface area (Å²) in [6.07, 6.45) is 4.81. The van der Waals surface area contributed by atoms with E-state index in [1.54, 1.807) is 40.5 Å². The highest BCUT2D eigenvalue weighted by molar-refractivity contribution is 9.10. The maximum absolute atomic E-state index is 12.4. The van der Waals surface area contributed by atoms with E-state index < -0.39 is 14.3 Å². The summed E-state index contributed by atoms with van der Waals surface area (Å²) in [6, 6.07) is 4.50. The Bertz CT molecular complexity index is 892. The van der Waals surface area contributed by atoms with Gasteiger partial charge in [-0.15, -0.1) is 0 Å². The Morgan fingerprint density at radius 2 is 2.11 bits per heavy atom. The van der Waals surface area contributed by atoms with Crippen molar-refractivity contribution in [2.75, 3.05) is 6.61 Å². The van der Waals surface area contributed by atoms with Crippen molar-refractivity contribution in [1.82, 2.24) is 19.4 Å². The van der Waals surface area contributed by atoms with Crippen LogP contribution in [0.1, 0.15) is 23.1 Å². The molecule has 0 fully saturated rings.